The van der Waals surface area contributed by atoms with Crippen LogP contribution < -0.4 is 13.7 Å². The van der Waals surface area contributed by atoms with Gasteiger partial charge in [0, 0.05) is 5.02 Å². The molecule has 0 spiro atoms. The second-order valence-corrected chi connectivity index (χ2v) is 8.68. The Kier molecular flexibility index (Phi) is 6.03. The van der Waals surface area contributed by atoms with Gasteiger partial charge in [-0.05, 0) is 53.2 Å². The summed E-state index contributed by atoms with van der Waals surface area (Å²) in [7, 11) is -3.02. The van der Waals surface area contributed by atoms with Gasteiger partial charge >= 0.3 is 16.1 Å². The highest BCUT2D eigenvalue weighted by Gasteiger charge is 2.25. The lowest BCUT2D eigenvalue weighted by Crippen LogP contribution is -2.15. The smallest absolute Gasteiger partial charge is 0.347 e. The zero-order valence-electron chi connectivity index (χ0n) is 16.8. The molecule has 0 radical (unpaired) electrons. The molecule has 4 aromatic rings. The highest BCUT2D eigenvalue weighted by atomic mass is 35.5. The number of ether oxygens (including phenoxy) is 2. The molecular formula is C24H17ClO6S. The molecule has 0 N–H and O–H groups in total. The Balaban J connectivity index is 1.64. The summed E-state index contributed by atoms with van der Waals surface area (Å²) in [6, 6.07) is 22.9. The van der Waals surface area contributed by atoms with Crippen molar-refractivity contribution in [2.45, 2.75) is 4.90 Å². The predicted octanol–water partition coefficient (Wildman–Crippen LogP) is 5.49. The van der Waals surface area contributed by atoms with Gasteiger partial charge in [-0.1, -0.05) is 54.1 Å². The van der Waals surface area contributed by atoms with Crippen LogP contribution in [0.4, 0.5) is 0 Å². The van der Waals surface area contributed by atoms with Gasteiger partial charge < -0.3 is 13.7 Å². The summed E-state index contributed by atoms with van der Waals surface area (Å²) in [6.07, 6.45) is 0. The molecule has 0 fully saturated rings. The molecule has 4 aromatic carbocycles. The Bertz CT molecular complexity index is 1420. The molecule has 0 atom stereocenters. The highest BCUT2D eigenvalue weighted by molar-refractivity contribution is 7.87. The van der Waals surface area contributed by atoms with E-state index in [1.54, 1.807) is 24.3 Å². The number of hydrogen-bond donors (Lipinski definition) is 0. The molecule has 0 aromatic heterocycles. The van der Waals surface area contributed by atoms with Crippen LogP contribution in [0.2, 0.25) is 5.02 Å². The third kappa shape index (κ3) is 4.54. The Hall–Kier alpha value is -3.55. The first-order valence-corrected chi connectivity index (χ1v) is 11.2. The first-order valence-electron chi connectivity index (χ1n) is 9.45. The molecule has 0 heterocycles. The van der Waals surface area contributed by atoms with Crippen LogP contribution in [-0.4, -0.2) is 21.5 Å². The fourth-order valence-corrected chi connectivity index (χ4v) is 4.49. The molecular weight excluding hydrogens is 452 g/mol. The van der Waals surface area contributed by atoms with Crippen LogP contribution in [-0.2, 0) is 10.1 Å². The van der Waals surface area contributed by atoms with Crippen LogP contribution in [0, 0.1) is 0 Å². The third-order valence-corrected chi connectivity index (χ3v) is 6.12. The number of fused-ring (bicyclic) bond motifs is 1. The second-order valence-electron chi connectivity index (χ2n) is 6.73. The number of carbonyl (C=O) groups excluding carboxylic acids is 1. The van der Waals surface area contributed by atoms with Crippen molar-refractivity contribution >= 4 is 38.5 Å². The number of halogens is 1. The first-order chi connectivity index (χ1) is 15.4. The minimum absolute atomic E-state index is 0.0507. The van der Waals surface area contributed by atoms with E-state index in [0.717, 1.165) is 10.8 Å². The molecule has 162 valence electrons. The summed E-state index contributed by atoms with van der Waals surface area (Å²) < 4.78 is 41.7. The summed E-state index contributed by atoms with van der Waals surface area (Å²) in [4.78, 5) is 12.6. The number of methoxy groups -OCH3 is 1. The van der Waals surface area contributed by atoms with Gasteiger partial charge in [-0.15, -0.1) is 0 Å². The maximum absolute atomic E-state index is 12.9. The van der Waals surface area contributed by atoms with Crippen molar-refractivity contribution in [2.75, 3.05) is 7.11 Å². The van der Waals surface area contributed by atoms with Crippen molar-refractivity contribution in [1.82, 2.24) is 0 Å². The summed E-state index contributed by atoms with van der Waals surface area (Å²) in [5.74, 6) is -0.557. The van der Waals surface area contributed by atoms with E-state index in [9.17, 15) is 13.2 Å². The number of hydrogen-bond acceptors (Lipinski definition) is 6. The lowest BCUT2D eigenvalue weighted by molar-refractivity contribution is 0.0733. The zero-order valence-corrected chi connectivity index (χ0v) is 18.4. The maximum Gasteiger partial charge on any atom is 0.347 e. The average molecular weight is 469 g/mol. The number of rotatable bonds is 6. The molecule has 0 saturated carbocycles. The summed E-state index contributed by atoms with van der Waals surface area (Å²) in [5.41, 5.74) is -0.0507. The van der Waals surface area contributed by atoms with Gasteiger partial charge in [0.15, 0.2) is 5.75 Å². The standard InChI is InChI=1S/C24H17ClO6S/c1-29-22-13-11-18(25)15-23(22)32(27,28)31-21-9-5-4-8-20(21)24(26)30-19-12-10-16-6-2-3-7-17(16)14-19/h2-15H,1H3. The summed E-state index contributed by atoms with van der Waals surface area (Å²) in [5, 5.41) is 2.09. The quantitative estimate of drug-likeness (QED) is 0.211. The van der Waals surface area contributed by atoms with Crippen molar-refractivity contribution in [3.63, 3.8) is 0 Å². The van der Waals surface area contributed by atoms with Crippen LogP contribution >= 0.6 is 11.6 Å². The van der Waals surface area contributed by atoms with Gasteiger partial charge in [0.1, 0.15) is 22.0 Å². The van der Waals surface area contributed by atoms with Gasteiger partial charge in [0.25, 0.3) is 0 Å². The van der Waals surface area contributed by atoms with E-state index < -0.39 is 16.1 Å². The van der Waals surface area contributed by atoms with Crippen molar-refractivity contribution in [3.05, 3.63) is 95.5 Å². The third-order valence-electron chi connectivity index (χ3n) is 4.63. The van der Waals surface area contributed by atoms with Crippen molar-refractivity contribution in [3.8, 4) is 17.2 Å². The molecule has 0 saturated heterocycles. The second kappa shape index (κ2) is 8.90. The van der Waals surface area contributed by atoms with E-state index in [4.69, 9.17) is 25.3 Å². The van der Waals surface area contributed by atoms with E-state index in [-0.39, 0.29) is 27.0 Å². The fourth-order valence-electron chi connectivity index (χ4n) is 3.11. The lowest BCUT2D eigenvalue weighted by atomic mass is 10.1. The number of benzene rings is 4. The largest absolute Gasteiger partial charge is 0.495 e. The molecule has 0 amide bonds. The van der Waals surface area contributed by atoms with Crippen molar-refractivity contribution in [1.29, 1.82) is 0 Å². The number of carbonyl (C=O) groups is 1. The molecule has 0 aliphatic heterocycles. The summed E-state index contributed by atoms with van der Waals surface area (Å²) >= 11 is 5.95. The first kappa shape index (κ1) is 21.7. The van der Waals surface area contributed by atoms with Gasteiger partial charge in [0.05, 0.1) is 7.11 Å². The van der Waals surface area contributed by atoms with Gasteiger partial charge in [-0.2, -0.15) is 8.42 Å². The molecule has 0 unspecified atom stereocenters. The highest BCUT2D eigenvalue weighted by Crippen LogP contribution is 2.31. The van der Waals surface area contributed by atoms with E-state index in [1.807, 2.05) is 30.3 Å². The minimum Gasteiger partial charge on any atom is -0.495 e. The normalized spacial score (nSPS) is 11.2. The summed E-state index contributed by atoms with van der Waals surface area (Å²) in [6.45, 7) is 0. The average Bonchev–Trinajstić information content (AvgIpc) is 2.79. The topological polar surface area (TPSA) is 78.9 Å². The van der Waals surface area contributed by atoms with Crippen molar-refractivity contribution in [2.24, 2.45) is 0 Å². The number of para-hydroxylation sites is 1. The molecule has 0 aliphatic rings. The fraction of sp³-hybridized carbons (Fsp3) is 0.0417. The van der Waals surface area contributed by atoms with Gasteiger partial charge in [-0.25, -0.2) is 4.79 Å². The maximum atomic E-state index is 12.9. The predicted molar refractivity (Wildman–Crippen MR) is 121 cm³/mol. The van der Waals surface area contributed by atoms with Crippen LogP contribution in [0.25, 0.3) is 10.8 Å². The van der Waals surface area contributed by atoms with Crippen LogP contribution in [0.3, 0.4) is 0 Å². The Morgan fingerprint density at radius 1 is 0.812 bits per heavy atom. The monoisotopic (exact) mass is 468 g/mol. The van der Waals surface area contributed by atoms with Crippen LogP contribution in [0.15, 0.2) is 89.8 Å². The van der Waals surface area contributed by atoms with Crippen molar-refractivity contribution < 1.29 is 26.9 Å². The van der Waals surface area contributed by atoms with Gasteiger partial charge in [0.2, 0.25) is 0 Å². The van der Waals surface area contributed by atoms with E-state index in [0.29, 0.717) is 5.75 Å². The molecule has 6 nitrogen and oxygen atoms in total. The Morgan fingerprint density at radius 3 is 2.31 bits per heavy atom. The Morgan fingerprint density at radius 2 is 1.53 bits per heavy atom. The van der Waals surface area contributed by atoms with Gasteiger partial charge in [-0.3, -0.25) is 0 Å². The molecule has 0 bridgehead atoms. The minimum atomic E-state index is -4.35. The van der Waals surface area contributed by atoms with E-state index >= 15 is 0 Å². The lowest BCUT2D eigenvalue weighted by Gasteiger charge is -2.13. The molecule has 0 aliphatic carbocycles. The van der Waals surface area contributed by atoms with Crippen LogP contribution in [0.5, 0.6) is 17.2 Å². The van der Waals surface area contributed by atoms with Crippen LogP contribution in [0.1, 0.15) is 10.4 Å². The molecule has 4 rings (SSSR count). The van der Waals surface area contributed by atoms with E-state index in [2.05, 4.69) is 0 Å². The molecule has 32 heavy (non-hydrogen) atoms. The number of esters is 1. The zero-order chi connectivity index (χ0) is 22.7. The molecule has 8 heteroatoms. The Labute approximate surface area is 190 Å². The SMILES string of the molecule is COc1ccc(Cl)cc1S(=O)(=O)Oc1ccccc1C(=O)Oc1ccc2ccccc2c1. The van der Waals surface area contributed by atoms with E-state index in [1.165, 1.54) is 37.4 Å².